The van der Waals surface area contributed by atoms with Crippen LogP contribution in [0.5, 0.6) is 0 Å². The van der Waals surface area contributed by atoms with Gasteiger partial charge in [0.05, 0.1) is 5.02 Å². The lowest BCUT2D eigenvalue weighted by Crippen LogP contribution is -2.12. The average molecular weight is 392 g/mol. The molecule has 1 amide bonds. The Morgan fingerprint density at radius 2 is 2.11 bits per heavy atom. The summed E-state index contributed by atoms with van der Waals surface area (Å²) in [5.74, 6) is -1.43. The van der Waals surface area contributed by atoms with E-state index >= 15 is 0 Å². The van der Waals surface area contributed by atoms with Gasteiger partial charge < -0.3 is 10.4 Å². The number of anilines is 1. The number of carbonyl (C=O) groups excluding carboxylic acids is 1. The quantitative estimate of drug-likeness (QED) is 0.701. The number of carboxylic acids is 1. The molecule has 0 aliphatic carbocycles. The van der Waals surface area contributed by atoms with Gasteiger partial charge >= 0.3 is 5.97 Å². The van der Waals surface area contributed by atoms with Gasteiger partial charge in [-0.2, -0.15) is 5.10 Å². The summed E-state index contributed by atoms with van der Waals surface area (Å²) in [5.41, 5.74) is 0.265. The number of nitrogens with zero attached hydrogens (tertiary/aromatic N) is 1. The number of carboxylic acid groups (broad SMARTS) is 1. The van der Waals surface area contributed by atoms with Crippen molar-refractivity contribution in [1.82, 2.24) is 10.2 Å². The molecule has 1 aromatic carbocycles. The van der Waals surface area contributed by atoms with Gasteiger partial charge in [0.25, 0.3) is 5.91 Å². The number of hydrogen-bond acceptors (Lipinski definition) is 3. The summed E-state index contributed by atoms with van der Waals surface area (Å²) in [6, 6.07) is 6.09. The lowest BCUT2D eigenvalue weighted by atomic mass is 10.2. The van der Waals surface area contributed by atoms with Crippen LogP contribution in [-0.2, 0) is 0 Å². The number of nitrogens with one attached hydrogen (secondary N) is 2. The summed E-state index contributed by atoms with van der Waals surface area (Å²) < 4.78 is 0.837. The van der Waals surface area contributed by atoms with Gasteiger partial charge in [-0.05, 0) is 40.8 Å². The van der Waals surface area contributed by atoms with Crippen LogP contribution in [0.4, 0.5) is 5.82 Å². The molecule has 0 atom stereocenters. The molecular formula is C11H7ClIN3O3. The van der Waals surface area contributed by atoms with Crippen molar-refractivity contribution < 1.29 is 14.7 Å². The summed E-state index contributed by atoms with van der Waals surface area (Å²) in [4.78, 5) is 22.5. The molecule has 0 aliphatic rings. The Labute approximate surface area is 126 Å². The van der Waals surface area contributed by atoms with Crippen LogP contribution in [0, 0.1) is 3.57 Å². The van der Waals surface area contributed by atoms with E-state index in [0.717, 1.165) is 3.57 Å². The van der Waals surface area contributed by atoms with Gasteiger partial charge in [0.2, 0.25) is 0 Å². The van der Waals surface area contributed by atoms with E-state index in [0.29, 0.717) is 10.6 Å². The van der Waals surface area contributed by atoms with Gasteiger partial charge in [-0.3, -0.25) is 9.89 Å². The predicted molar refractivity (Wildman–Crippen MR) is 77.7 cm³/mol. The summed E-state index contributed by atoms with van der Waals surface area (Å²) >= 11 is 7.97. The Kier molecular flexibility index (Phi) is 4.05. The number of amides is 1. The highest BCUT2D eigenvalue weighted by Gasteiger charge is 2.12. The normalized spacial score (nSPS) is 10.2. The second kappa shape index (κ2) is 5.57. The molecule has 0 aliphatic heterocycles. The SMILES string of the molecule is O=C(Nc1cc(C(=O)O)[nH]n1)c1ccc(I)c(Cl)c1. The number of H-pyrrole nitrogens is 1. The first-order valence-corrected chi connectivity index (χ1v) is 6.48. The molecule has 2 rings (SSSR count). The van der Waals surface area contributed by atoms with E-state index in [-0.39, 0.29) is 11.5 Å². The predicted octanol–water partition coefficient (Wildman–Crippen LogP) is 2.62. The van der Waals surface area contributed by atoms with Crippen molar-refractivity contribution in [3.8, 4) is 0 Å². The van der Waals surface area contributed by atoms with E-state index in [2.05, 4.69) is 38.1 Å². The van der Waals surface area contributed by atoms with E-state index < -0.39 is 11.9 Å². The minimum Gasteiger partial charge on any atom is -0.477 e. The smallest absolute Gasteiger partial charge is 0.353 e. The van der Waals surface area contributed by atoms with Gasteiger partial charge in [0, 0.05) is 15.2 Å². The standard InChI is InChI=1S/C11H7ClIN3O3/c12-6-3-5(1-2-7(6)13)10(17)14-9-4-8(11(18)19)15-16-9/h1-4H,(H,18,19)(H2,14,15,16,17). The zero-order valence-corrected chi connectivity index (χ0v) is 12.2. The van der Waals surface area contributed by atoms with Crippen molar-refractivity contribution in [2.45, 2.75) is 0 Å². The Morgan fingerprint density at radius 1 is 1.37 bits per heavy atom. The Morgan fingerprint density at radius 3 is 2.68 bits per heavy atom. The number of aromatic carboxylic acids is 1. The number of benzene rings is 1. The Bertz CT molecular complexity index is 656. The molecule has 1 heterocycles. The highest BCUT2D eigenvalue weighted by atomic mass is 127. The molecule has 0 spiro atoms. The fourth-order valence-corrected chi connectivity index (χ4v) is 1.84. The largest absolute Gasteiger partial charge is 0.477 e. The fraction of sp³-hybridized carbons (Fsp3) is 0. The van der Waals surface area contributed by atoms with E-state index in [4.69, 9.17) is 16.7 Å². The number of rotatable bonds is 3. The molecule has 0 bridgehead atoms. The van der Waals surface area contributed by atoms with Crippen molar-refractivity contribution in [2.24, 2.45) is 0 Å². The summed E-state index contributed by atoms with van der Waals surface area (Å²) in [6.45, 7) is 0. The molecule has 2 aromatic rings. The van der Waals surface area contributed by atoms with Gasteiger partial charge in [-0.1, -0.05) is 11.6 Å². The van der Waals surface area contributed by atoms with Gasteiger partial charge in [-0.25, -0.2) is 4.79 Å². The van der Waals surface area contributed by atoms with Crippen molar-refractivity contribution >= 4 is 51.9 Å². The van der Waals surface area contributed by atoms with E-state index in [1.54, 1.807) is 12.1 Å². The van der Waals surface area contributed by atoms with Crippen LogP contribution in [0.2, 0.25) is 5.02 Å². The van der Waals surface area contributed by atoms with Gasteiger partial charge in [-0.15, -0.1) is 0 Å². The highest BCUT2D eigenvalue weighted by molar-refractivity contribution is 14.1. The number of aromatic amines is 1. The molecule has 0 fully saturated rings. The second-order valence-electron chi connectivity index (χ2n) is 3.56. The molecule has 0 saturated carbocycles. The van der Waals surface area contributed by atoms with Crippen LogP contribution < -0.4 is 5.32 Å². The maximum Gasteiger partial charge on any atom is 0.353 e. The number of hydrogen-bond donors (Lipinski definition) is 3. The van der Waals surface area contributed by atoms with Crippen LogP contribution in [0.3, 0.4) is 0 Å². The molecule has 3 N–H and O–H groups in total. The topological polar surface area (TPSA) is 95.1 Å². The molecule has 0 saturated heterocycles. The molecule has 1 aromatic heterocycles. The van der Waals surface area contributed by atoms with E-state index in [1.807, 2.05) is 0 Å². The van der Waals surface area contributed by atoms with Crippen LogP contribution in [0.1, 0.15) is 20.8 Å². The molecule has 6 nitrogen and oxygen atoms in total. The second-order valence-corrected chi connectivity index (χ2v) is 5.12. The zero-order valence-electron chi connectivity index (χ0n) is 9.28. The van der Waals surface area contributed by atoms with Crippen LogP contribution in [-0.4, -0.2) is 27.2 Å². The molecule has 98 valence electrons. The van der Waals surface area contributed by atoms with Crippen LogP contribution in [0.15, 0.2) is 24.3 Å². The van der Waals surface area contributed by atoms with Crippen molar-refractivity contribution in [3.05, 3.63) is 44.1 Å². The first-order valence-electron chi connectivity index (χ1n) is 5.02. The van der Waals surface area contributed by atoms with E-state index in [9.17, 15) is 9.59 Å². The molecular weight excluding hydrogens is 384 g/mol. The van der Waals surface area contributed by atoms with Crippen molar-refractivity contribution in [2.75, 3.05) is 5.32 Å². The molecule has 19 heavy (non-hydrogen) atoms. The zero-order chi connectivity index (χ0) is 14.0. The van der Waals surface area contributed by atoms with Gasteiger partial charge in [0.1, 0.15) is 5.69 Å². The summed E-state index contributed by atoms with van der Waals surface area (Å²) in [6.07, 6.45) is 0. The number of halogens is 2. The Hall–Kier alpha value is -1.61. The number of carbonyl (C=O) groups is 2. The maximum absolute atomic E-state index is 11.9. The Balaban J connectivity index is 2.15. The van der Waals surface area contributed by atoms with Crippen LogP contribution in [0.25, 0.3) is 0 Å². The summed E-state index contributed by atoms with van der Waals surface area (Å²) in [5, 5.41) is 17.6. The third kappa shape index (κ3) is 3.24. The monoisotopic (exact) mass is 391 g/mol. The minimum absolute atomic E-state index is 0.101. The first-order chi connectivity index (χ1) is 8.97. The molecule has 0 radical (unpaired) electrons. The first kappa shape index (κ1) is 13.8. The average Bonchev–Trinajstić information content (AvgIpc) is 2.81. The lowest BCUT2D eigenvalue weighted by molar-refractivity contribution is 0.0690. The summed E-state index contributed by atoms with van der Waals surface area (Å²) in [7, 11) is 0. The third-order valence-corrected chi connectivity index (χ3v) is 3.80. The highest BCUT2D eigenvalue weighted by Crippen LogP contribution is 2.20. The van der Waals surface area contributed by atoms with Crippen LogP contribution >= 0.6 is 34.2 Å². The number of aromatic nitrogens is 2. The van der Waals surface area contributed by atoms with Gasteiger partial charge in [0.15, 0.2) is 5.82 Å². The molecule has 0 unspecified atom stereocenters. The fourth-order valence-electron chi connectivity index (χ4n) is 1.32. The van der Waals surface area contributed by atoms with Crippen molar-refractivity contribution in [1.29, 1.82) is 0 Å². The van der Waals surface area contributed by atoms with E-state index in [1.165, 1.54) is 12.1 Å². The lowest BCUT2D eigenvalue weighted by Gasteiger charge is -2.03. The molecule has 8 heteroatoms. The minimum atomic E-state index is -1.15. The third-order valence-electron chi connectivity index (χ3n) is 2.23. The maximum atomic E-state index is 11.9. The van der Waals surface area contributed by atoms with Crippen molar-refractivity contribution in [3.63, 3.8) is 0 Å².